The van der Waals surface area contributed by atoms with Crippen molar-refractivity contribution < 1.29 is 9.15 Å². The molecule has 168 valence electrons. The van der Waals surface area contributed by atoms with Gasteiger partial charge in [-0.1, -0.05) is 23.7 Å². The van der Waals surface area contributed by atoms with Crippen LogP contribution in [0, 0.1) is 0 Å². The Balaban J connectivity index is 1.25. The molecular formula is C24H33ClN4O2. The molecule has 4 rings (SSSR count). The van der Waals surface area contributed by atoms with E-state index in [0.717, 1.165) is 81.6 Å². The van der Waals surface area contributed by atoms with E-state index < -0.39 is 0 Å². The van der Waals surface area contributed by atoms with Crippen LogP contribution >= 0.6 is 11.6 Å². The summed E-state index contributed by atoms with van der Waals surface area (Å²) in [5, 5.41) is 7.94. The number of nitrogens with one attached hydrogen (secondary N) is 2. The molecule has 2 aliphatic heterocycles. The van der Waals surface area contributed by atoms with Crippen LogP contribution in [0.2, 0.25) is 5.02 Å². The SMILES string of the molecule is Clc1ccc(CN2CCC(NC(=NCC3CCCO3)NCCc3ccco3)CC2)cc1. The molecule has 1 unspecified atom stereocenters. The first-order valence-electron chi connectivity index (χ1n) is 11.4. The van der Waals surface area contributed by atoms with Crippen molar-refractivity contribution in [2.45, 2.75) is 50.8 Å². The molecule has 2 fully saturated rings. The average molecular weight is 445 g/mol. The maximum atomic E-state index is 6.00. The Morgan fingerprint density at radius 2 is 1.97 bits per heavy atom. The molecule has 1 atom stereocenters. The Morgan fingerprint density at radius 1 is 1.13 bits per heavy atom. The molecule has 31 heavy (non-hydrogen) atoms. The highest BCUT2D eigenvalue weighted by molar-refractivity contribution is 6.30. The quantitative estimate of drug-likeness (QED) is 0.478. The minimum absolute atomic E-state index is 0.255. The Morgan fingerprint density at radius 3 is 2.68 bits per heavy atom. The van der Waals surface area contributed by atoms with Gasteiger partial charge in [0.25, 0.3) is 0 Å². The van der Waals surface area contributed by atoms with Gasteiger partial charge in [-0.25, -0.2) is 0 Å². The van der Waals surface area contributed by atoms with Crippen molar-refractivity contribution >= 4 is 17.6 Å². The number of likely N-dealkylation sites (tertiary alicyclic amines) is 1. The molecular weight excluding hydrogens is 412 g/mol. The number of hydrogen-bond acceptors (Lipinski definition) is 4. The Hall–Kier alpha value is -2.02. The summed E-state index contributed by atoms with van der Waals surface area (Å²) >= 11 is 6.00. The Kier molecular flexibility index (Phi) is 8.27. The van der Waals surface area contributed by atoms with Gasteiger partial charge in [0.1, 0.15) is 5.76 Å². The number of hydrogen-bond donors (Lipinski definition) is 2. The zero-order valence-electron chi connectivity index (χ0n) is 18.1. The van der Waals surface area contributed by atoms with Crippen LogP contribution in [0.25, 0.3) is 0 Å². The zero-order chi connectivity index (χ0) is 21.3. The first-order valence-corrected chi connectivity index (χ1v) is 11.8. The third-order valence-electron chi connectivity index (χ3n) is 5.97. The lowest BCUT2D eigenvalue weighted by molar-refractivity contribution is 0.117. The maximum Gasteiger partial charge on any atom is 0.191 e. The summed E-state index contributed by atoms with van der Waals surface area (Å²) in [6.07, 6.45) is 7.27. The molecule has 0 radical (unpaired) electrons. The number of halogens is 1. The first-order chi connectivity index (χ1) is 15.2. The minimum Gasteiger partial charge on any atom is -0.469 e. The summed E-state index contributed by atoms with van der Waals surface area (Å²) in [6.45, 7) is 5.50. The van der Waals surface area contributed by atoms with E-state index in [0.29, 0.717) is 12.6 Å². The van der Waals surface area contributed by atoms with Gasteiger partial charge in [-0.3, -0.25) is 9.89 Å². The van der Waals surface area contributed by atoms with Crippen molar-refractivity contribution in [3.8, 4) is 0 Å². The summed E-state index contributed by atoms with van der Waals surface area (Å²) in [5.74, 6) is 1.87. The van der Waals surface area contributed by atoms with E-state index in [1.165, 1.54) is 5.56 Å². The van der Waals surface area contributed by atoms with Gasteiger partial charge in [0.15, 0.2) is 5.96 Å². The fourth-order valence-electron chi connectivity index (χ4n) is 4.17. The number of rotatable bonds is 8. The highest BCUT2D eigenvalue weighted by atomic mass is 35.5. The van der Waals surface area contributed by atoms with E-state index in [4.69, 9.17) is 25.7 Å². The number of piperidine rings is 1. The van der Waals surface area contributed by atoms with Crippen LogP contribution < -0.4 is 10.6 Å². The van der Waals surface area contributed by atoms with E-state index in [1.807, 2.05) is 24.3 Å². The van der Waals surface area contributed by atoms with E-state index >= 15 is 0 Å². The lowest BCUT2D eigenvalue weighted by Gasteiger charge is -2.33. The van der Waals surface area contributed by atoms with Gasteiger partial charge in [0, 0.05) is 50.3 Å². The van der Waals surface area contributed by atoms with Gasteiger partial charge < -0.3 is 19.8 Å². The van der Waals surface area contributed by atoms with Crippen LogP contribution in [0.4, 0.5) is 0 Å². The molecule has 6 nitrogen and oxygen atoms in total. The highest BCUT2D eigenvalue weighted by Gasteiger charge is 2.21. The molecule has 0 spiro atoms. The normalized spacial score (nSPS) is 20.8. The van der Waals surface area contributed by atoms with Crippen molar-refractivity contribution in [2.24, 2.45) is 4.99 Å². The fourth-order valence-corrected chi connectivity index (χ4v) is 4.30. The number of aliphatic imine (C=N–C) groups is 1. The smallest absolute Gasteiger partial charge is 0.191 e. The largest absolute Gasteiger partial charge is 0.469 e. The molecule has 0 aliphatic carbocycles. The number of furan rings is 1. The number of benzene rings is 1. The van der Waals surface area contributed by atoms with E-state index in [1.54, 1.807) is 6.26 Å². The van der Waals surface area contributed by atoms with Crippen molar-refractivity contribution in [2.75, 3.05) is 32.8 Å². The van der Waals surface area contributed by atoms with Crippen molar-refractivity contribution in [1.29, 1.82) is 0 Å². The molecule has 2 aliphatic rings. The van der Waals surface area contributed by atoms with E-state index in [2.05, 4.69) is 27.7 Å². The Labute approximate surface area is 190 Å². The van der Waals surface area contributed by atoms with Gasteiger partial charge in [-0.05, 0) is 55.5 Å². The van der Waals surface area contributed by atoms with Crippen molar-refractivity contribution in [1.82, 2.24) is 15.5 Å². The monoisotopic (exact) mass is 444 g/mol. The van der Waals surface area contributed by atoms with Crippen LogP contribution in [0.5, 0.6) is 0 Å². The molecule has 3 heterocycles. The van der Waals surface area contributed by atoms with Crippen LogP contribution in [0.15, 0.2) is 52.1 Å². The molecule has 2 saturated heterocycles. The second-order valence-corrected chi connectivity index (χ2v) is 8.84. The molecule has 1 aromatic heterocycles. The molecule has 0 bridgehead atoms. The maximum absolute atomic E-state index is 6.00. The highest BCUT2D eigenvalue weighted by Crippen LogP contribution is 2.16. The molecule has 1 aromatic carbocycles. The summed E-state index contributed by atoms with van der Waals surface area (Å²) in [5.41, 5.74) is 1.31. The zero-order valence-corrected chi connectivity index (χ0v) is 18.8. The summed E-state index contributed by atoms with van der Waals surface area (Å²) in [6, 6.07) is 12.5. The lowest BCUT2D eigenvalue weighted by atomic mass is 10.0. The third kappa shape index (κ3) is 7.27. The van der Waals surface area contributed by atoms with Crippen LogP contribution in [-0.2, 0) is 17.7 Å². The van der Waals surface area contributed by atoms with Crippen LogP contribution in [0.1, 0.15) is 37.0 Å². The molecule has 7 heteroatoms. The van der Waals surface area contributed by atoms with Crippen molar-refractivity contribution in [3.05, 3.63) is 59.0 Å². The average Bonchev–Trinajstić information content (AvgIpc) is 3.49. The van der Waals surface area contributed by atoms with Gasteiger partial charge in [-0.2, -0.15) is 0 Å². The third-order valence-corrected chi connectivity index (χ3v) is 6.22. The minimum atomic E-state index is 0.255. The molecule has 0 saturated carbocycles. The van der Waals surface area contributed by atoms with Crippen LogP contribution in [-0.4, -0.2) is 55.8 Å². The van der Waals surface area contributed by atoms with Gasteiger partial charge in [0.05, 0.1) is 18.9 Å². The standard InChI is InChI=1S/C24H33ClN4O2/c25-20-7-5-19(6-8-20)18-29-13-10-21(11-14-29)28-24(27-17-23-4-2-16-31-23)26-12-9-22-3-1-15-30-22/h1,3,5-8,15,21,23H,2,4,9-14,16-18H2,(H2,26,27,28). The fraction of sp³-hybridized carbons (Fsp3) is 0.542. The van der Waals surface area contributed by atoms with Gasteiger partial charge in [-0.15, -0.1) is 0 Å². The first kappa shape index (κ1) is 22.2. The second-order valence-electron chi connectivity index (χ2n) is 8.40. The van der Waals surface area contributed by atoms with Gasteiger partial charge >= 0.3 is 0 Å². The predicted molar refractivity (Wildman–Crippen MR) is 125 cm³/mol. The molecule has 2 aromatic rings. The predicted octanol–water partition coefficient (Wildman–Crippen LogP) is 3.85. The Bertz CT molecular complexity index is 795. The summed E-state index contributed by atoms with van der Waals surface area (Å²) in [7, 11) is 0. The van der Waals surface area contributed by atoms with Gasteiger partial charge in [0.2, 0.25) is 0 Å². The summed E-state index contributed by atoms with van der Waals surface area (Å²) in [4.78, 5) is 7.34. The number of nitrogens with zero attached hydrogens (tertiary/aromatic N) is 2. The van der Waals surface area contributed by atoms with Crippen molar-refractivity contribution in [3.63, 3.8) is 0 Å². The summed E-state index contributed by atoms with van der Waals surface area (Å²) < 4.78 is 11.2. The molecule has 0 amide bonds. The number of guanidine groups is 1. The lowest BCUT2D eigenvalue weighted by Crippen LogP contribution is -2.49. The topological polar surface area (TPSA) is 62.0 Å². The number of ether oxygens (including phenoxy) is 1. The van der Waals surface area contributed by atoms with Crippen LogP contribution in [0.3, 0.4) is 0 Å². The molecule has 2 N–H and O–H groups in total. The second kappa shape index (κ2) is 11.6. The van der Waals surface area contributed by atoms with E-state index in [-0.39, 0.29) is 6.10 Å². The van der Waals surface area contributed by atoms with E-state index in [9.17, 15) is 0 Å².